The van der Waals surface area contributed by atoms with E-state index in [0.29, 0.717) is 0 Å². The van der Waals surface area contributed by atoms with Crippen LogP contribution in [0, 0.1) is 0 Å². The van der Waals surface area contributed by atoms with Crippen LogP contribution in [0.15, 0.2) is 47.1 Å². The molecule has 2 aliphatic rings. The molecule has 0 nitrogen and oxygen atoms in total. The lowest BCUT2D eigenvalue weighted by Gasteiger charge is -2.07. The molecule has 0 radical (unpaired) electrons. The average Bonchev–Trinajstić information content (AvgIpc) is 2.34. The minimum atomic E-state index is 1.11. The molecule has 2 rings (SSSR count). The molecule has 0 amide bonds. The molecule has 50 valence electrons. The van der Waals surface area contributed by atoms with Crippen molar-refractivity contribution in [2.24, 2.45) is 0 Å². The minimum absolute atomic E-state index is 1.11. The van der Waals surface area contributed by atoms with E-state index in [4.69, 9.17) is 0 Å². The highest BCUT2D eigenvalue weighted by Crippen LogP contribution is 2.30. The second-order valence-corrected chi connectivity index (χ2v) is 2.75. The first-order chi connectivity index (χ1) is 4.88. The Bertz CT molecular complexity index is 272. The Labute approximate surface area is 61.3 Å². The van der Waals surface area contributed by atoms with E-state index in [2.05, 4.69) is 37.3 Å². The van der Waals surface area contributed by atoms with E-state index in [0.717, 1.165) is 6.42 Å². The Morgan fingerprint density at radius 2 is 2.10 bits per heavy atom. The molecular formula is C10H10. The molecule has 0 spiro atoms. The van der Waals surface area contributed by atoms with Gasteiger partial charge in [0.1, 0.15) is 0 Å². The van der Waals surface area contributed by atoms with Crippen LogP contribution in [-0.2, 0) is 0 Å². The molecule has 0 heterocycles. The third kappa shape index (κ3) is 0.688. The lowest BCUT2D eigenvalue weighted by Crippen LogP contribution is -1.88. The van der Waals surface area contributed by atoms with Gasteiger partial charge in [-0.1, -0.05) is 30.4 Å². The summed E-state index contributed by atoms with van der Waals surface area (Å²) in [7, 11) is 0. The van der Waals surface area contributed by atoms with Gasteiger partial charge in [-0.3, -0.25) is 0 Å². The molecular weight excluding hydrogens is 120 g/mol. The normalized spacial score (nSPS) is 21.5. The molecule has 0 atom stereocenters. The lowest BCUT2D eigenvalue weighted by atomic mass is 9.98. The first-order valence-electron chi connectivity index (χ1n) is 3.63. The van der Waals surface area contributed by atoms with Gasteiger partial charge in [-0.15, -0.1) is 0 Å². The standard InChI is InChI=1S/C10H10/c1-8-6-7-9-4-2-3-5-10(8)9/h2-3,5-7H,4H2,1H3. The van der Waals surface area contributed by atoms with E-state index < -0.39 is 0 Å². The molecule has 0 aromatic carbocycles. The van der Waals surface area contributed by atoms with Crippen LogP contribution in [0.5, 0.6) is 0 Å². The molecule has 0 fully saturated rings. The van der Waals surface area contributed by atoms with Crippen LogP contribution in [-0.4, -0.2) is 0 Å². The summed E-state index contributed by atoms with van der Waals surface area (Å²) in [5.41, 5.74) is 4.31. The predicted molar refractivity (Wildman–Crippen MR) is 43.7 cm³/mol. The van der Waals surface area contributed by atoms with Gasteiger partial charge < -0.3 is 0 Å². The minimum Gasteiger partial charge on any atom is -0.0801 e. The van der Waals surface area contributed by atoms with Crippen LogP contribution in [0.1, 0.15) is 13.3 Å². The molecule has 2 aliphatic carbocycles. The van der Waals surface area contributed by atoms with Crippen LogP contribution in [0.25, 0.3) is 0 Å². The van der Waals surface area contributed by atoms with Crippen molar-refractivity contribution in [3.05, 3.63) is 47.1 Å². The number of hydrogen-bond donors (Lipinski definition) is 0. The molecule has 0 saturated heterocycles. The zero-order chi connectivity index (χ0) is 6.97. The van der Waals surface area contributed by atoms with E-state index >= 15 is 0 Å². The van der Waals surface area contributed by atoms with Gasteiger partial charge in [-0.25, -0.2) is 0 Å². The smallest absolute Gasteiger partial charge is 0.00883 e. The second-order valence-electron chi connectivity index (χ2n) is 2.75. The molecule has 0 saturated carbocycles. The fourth-order valence-electron chi connectivity index (χ4n) is 1.43. The second kappa shape index (κ2) is 1.98. The predicted octanol–water partition coefficient (Wildman–Crippen LogP) is 2.76. The van der Waals surface area contributed by atoms with Gasteiger partial charge in [0.05, 0.1) is 0 Å². The van der Waals surface area contributed by atoms with Gasteiger partial charge in [0.15, 0.2) is 0 Å². The summed E-state index contributed by atoms with van der Waals surface area (Å²) in [6.07, 6.45) is 12.0. The Morgan fingerprint density at radius 3 is 2.90 bits per heavy atom. The van der Waals surface area contributed by atoms with Crippen molar-refractivity contribution in [1.29, 1.82) is 0 Å². The first-order valence-corrected chi connectivity index (χ1v) is 3.63. The fourth-order valence-corrected chi connectivity index (χ4v) is 1.43. The summed E-state index contributed by atoms with van der Waals surface area (Å²) >= 11 is 0. The van der Waals surface area contributed by atoms with E-state index in [1.54, 1.807) is 0 Å². The molecule has 0 aromatic heterocycles. The molecule has 0 heteroatoms. The summed E-state index contributed by atoms with van der Waals surface area (Å²) in [5.74, 6) is 0. The highest BCUT2D eigenvalue weighted by molar-refractivity contribution is 5.57. The molecule has 0 aliphatic heterocycles. The van der Waals surface area contributed by atoms with Gasteiger partial charge in [-0.2, -0.15) is 0 Å². The van der Waals surface area contributed by atoms with Crippen LogP contribution in [0.2, 0.25) is 0 Å². The summed E-state index contributed by atoms with van der Waals surface area (Å²) in [4.78, 5) is 0. The Kier molecular flexibility index (Phi) is 1.13. The van der Waals surface area contributed by atoms with E-state index in [-0.39, 0.29) is 0 Å². The van der Waals surface area contributed by atoms with Crippen molar-refractivity contribution in [3.8, 4) is 0 Å². The third-order valence-electron chi connectivity index (χ3n) is 2.04. The number of fused-ring (bicyclic) bond motifs is 1. The summed E-state index contributed by atoms with van der Waals surface area (Å²) in [6.45, 7) is 2.16. The highest BCUT2D eigenvalue weighted by atomic mass is 14.2. The third-order valence-corrected chi connectivity index (χ3v) is 2.04. The van der Waals surface area contributed by atoms with Crippen LogP contribution < -0.4 is 0 Å². The van der Waals surface area contributed by atoms with E-state index in [1.807, 2.05) is 0 Å². The van der Waals surface area contributed by atoms with Crippen LogP contribution in [0.3, 0.4) is 0 Å². The van der Waals surface area contributed by atoms with Gasteiger partial charge in [-0.05, 0) is 30.1 Å². The van der Waals surface area contributed by atoms with Crippen molar-refractivity contribution in [2.75, 3.05) is 0 Å². The zero-order valence-electron chi connectivity index (χ0n) is 6.09. The fraction of sp³-hybridized carbons (Fsp3) is 0.200. The lowest BCUT2D eigenvalue weighted by molar-refractivity contribution is 1.21. The summed E-state index contributed by atoms with van der Waals surface area (Å²) in [5, 5.41) is 0. The van der Waals surface area contributed by atoms with Crippen molar-refractivity contribution >= 4 is 0 Å². The molecule has 0 bridgehead atoms. The first kappa shape index (κ1) is 5.72. The maximum absolute atomic E-state index is 2.21. The van der Waals surface area contributed by atoms with Gasteiger partial charge >= 0.3 is 0 Å². The van der Waals surface area contributed by atoms with Crippen molar-refractivity contribution in [3.63, 3.8) is 0 Å². The van der Waals surface area contributed by atoms with Gasteiger partial charge in [0.25, 0.3) is 0 Å². The van der Waals surface area contributed by atoms with Crippen molar-refractivity contribution < 1.29 is 0 Å². The maximum Gasteiger partial charge on any atom is -0.00883 e. The van der Waals surface area contributed by atoms with Gasteiger partial charge in [0, 0.05) is 0 Å². The van der Waals surface area contributed by atoms with Crippen molar-refractivity contribution in [1.82, 2.24) is 0 Å². The number of allylic oxidation sites excluding steroid dienone is 8. The molecule has 10 heavy (non-hydrogen) atoms. The van der Waals surface area contributed by atoms with E-state index in [9.17, 15) is 0 Å². The zero-order valence-corrected chi connectivity index (χ0v) is 6.09. The topological polar surface area (TPSA) is 0 Å². The largest absolute Gasteiger partial charge is 0.0801 e. The molecule has 0 unspecified atom stereocenters. The monoisotopic (exact) mass is 130 g/mol. The summed E-state index contributed by atoms with van der Waals surface area (Å²) < 4.78 is 0. The maximum atomic E-state index is 2.21. The average molecular weight is 130 g/mol. The van der Waals surface area contributed by atoms with Crippen molar-refractivity contribution in [2.45, 2.75) is 13.3 Å². The van der Waals surface area contributed by atoms with Crippen LogP contribution in [0.4, 0.5) is 0 Å². The Morgan fingerprint density at radius 1 is 1.20 bits per heavy atom. The number of rotatable bonds is 0. The quantitative estimate of drug-likeness (QED) is 0.473. The molecule has 0 N–H and O–H groups in total. The van der Waals surface area contributed by atoms with Gasteiger partial charge in [0.2, 0.25) is 0 Å². The Hall–Kier alpha value is -1.04. The van der Waals surface area contributed by atoms with E-state index in [1.165, 1.54) is 16.7 Å². The number of hydrogen-bond acceptors (Lipinski definition) is 0. The van der Waals surface area contributed by atoms with Crippen LogP contribution >= 0.6 is 0 Å². The SMILES string of the molecule is CC1=CC=C2CC=CC=C12. The summed E-state index contributed by atoms with van der Waals surface area (Å²) in [6, 6.07) is 0. The molecule has 0 aromatic rings. The highest BCUT2D eigenvalue weighted by Gasteiger charge is 2.11. The Balaban J connectivity index is 2.46.